The van der Waals surface area contributed by atoms with Crippen molar-refractivity contribution < 1.29 is 9.53 Å². The molecule has 7 heteroatoms. The summed E-state index contributed by atoms with van der Waals surface area (Å²) in [6.45, 7) is 1.97. The number of thioether (sulfide) groups is 1. The maximum absolute atomic E-state index is 12.6. The second kappa shape index (κ2) is 9.94. The molecule has 32 heavy (non-hydrogen) atoms. The lowest BCUT2D eigenvalue weighted by Crippen LogP contribution is -2.15. The van der Waals surface area contributed by atoms with Gasteiger partial charge in [0.15, 0.2) is 5.16 Å². The number of carbonyl (C=O) groups excluding carboxylic acids is 1. The van der Waals surface area contributed by atoms with Crippen molar-refractivity contribution in [2.24, 2.45) is 0 Å². The Morgan fingerprint density at radius 1 is 1.09 bits per heavy atom. The molecule has 0 bridgehead atoms. The van der Waals surface area contributed by atoms with E-state index in [2.05, 4.69) is 5.32 Å². The van der Waals surface area contributed by atoms with Gasteiger partial charge in [-0.2, -0.15) is 0 Å². The molecule has 0 atom stereocenters. The van der Waals surface area contributed by atoms with Crippen molar-refractivity contribution in [3.8, 4) is 22.7 Å². The van der Waals surface area contributed by atoms with E-state index < -0.39 is 0 Å². The third-order valence-corrected chi connectivity index (χ3v) is 6.08. The van der Waals surface area contributed by atoms with E-state index in [1.165, 1.54) is 11.8 Å². The second-order valence-electron chi connectivity index (χ2n) is 7.11. The number of carbonyl (C=O) groups is 1. The molecule has 5 nitrogen and oxygen atoms in total. The molecule has 1 heterocycles. The van der Waals surface area contributed by atoms with Crippen LogP contribution in [0.5, 0.6) is 5.75 Å². The summed E-state index contributed by atoms with van der Waals surface area (Å²) in [6.07, 6.45) is 1.94. The fourth-order valence-corrected chi connectivity index (χ4v) is 4.22. The van der Waals surface area contributed by atoms with Gasteiger partial charge in [0.25, 0.3) is 0 Å². The first-order chi connectivity index (χ1) is 15.5. The van der Waals surface area contributed by atoms with Crippen LogP contribution in [0.2, 0.25) is 5.02 Å². The average molecular weight is 464 g/mol. The van der Waals surface area contributed by atoms with Crippen molar-refractivity contribution >= 4 is 35.0 Å². The highest BCUT2D eigenvalue weighted by atomic mass is 35.5. The lowest BCUT2D eigenvalue weighted by atomic mass is 10.2. The summed E-state index contributed by atoms with van der Waals surface area (Å²) in [7, 11) is 1.62. The fourth-order valence-electron chi connectivity index (χ4n) is 3.27. The van der Waals surface area contributed by atoms with Crippen molar-refractivity contribution in [3.63, 3.8) is 0 Å². The molecule has 4 aromatic rings. The highest BCUT2D eigenvalue weighted by Gasteiger charge is 2.17. The van der Waals surface area contributed by atoms with E-state index in [1.807, 2.05) is 84.4 Å². The van der Waals surface area contributed by atoms with Crippen LogP contribution in [0.25, 0.3) is 16.9 Å². The van der Waals surface area contributed by atoms with Crippen molar-refractivity contribution in [2.45, 2.75) is 12.1 Å². The van der Waals surface area contributed by atoms with Gasteiger partial charge >= 0.3 is 0 Å². The van der Waals surface area contributed by atoms with Gasteiger partial charge in [-0.1, -0.05) is 71.9 Å². The Kier molecular flexibility index (Phi) is 6.83. The third kappa shape index (κ3) is 4.98. The number of hydrogen-bond donors (Lipinski definition) is 1. The zero-order valence-corrected chi connectivity index (χ0v) is 19.3. The Balaban J connectivity index is 1.65. The van der Waals surface area contributed by atoms with Crippen LogP contribution >= 0.6 is 23.4 Å². The van der Waals surface area contributed by atoms with Crippen LogP contribution in [0.15, 0.2) is 84.1 Å². The molecule has 0 saturated heterocycles. The zero-order chi connectivity index (χ0) is 22.5. The predicted octanol–water partition coefficient (Wildman–Crippen LogP) is 6.24. The van der Waals surface area contributed by atoms with Crippen molar-refractivity contribution in [2.75, 3.05) is 18.2 Å². The number of benzene rings is 3. The van der Waals surface area contributed by atoms with Crippen LogP contribution in [0.4, 0.5) is 5.69 Å². The molecule has 1 aromatic heterocycles. The van der Waals surface area contributed by atoms with Crippen LogP contribution in [0, 0.1) is 6.92 Å². The van der Waals surface area contributed by atoms with Gasteiger partial charge in [-0.15, -0.1) is 0 Å². The Bertz CT molecular complexity index is 1240. The van der Waals surface area contributed by atoms with Crippen molar-refractivity contribution in [1.29, 1.82) is 0 Å². The van der Waals surface area contributed by atoms with Gasteiger partial charge in [-0.25, -0.2) is 4.98 Å². The van der Waals surface area contributed by atoms with Gasteiger partial charge in [-0.3, -0.25) is 9.36 Å². The molecule has 162 valence electrons. The lowest BCUT2D eigenvalue weighted by molar-refractivity contribution is -0.113. The number of ether oxygens (including phenoxy) is 1. The Hall–Kier alpha value is -3.22. The summed E-state index contributed by atoms with van der Waals surface area (Å²) in [6, 6.07) is 23.0. The Labute approximate surface area is 196 Å². The Morgan fingerprint density at radius 3 is 2.59 bits per heavy atom. The first kappa shape index (κ1) is 22.0. The minimum Gasteiger partial charge on any atom is -0.495 e. The number of aromatic nitrogens is 2. The van der Waals surface area contributed by atoms with E-state index in [9.17, 15) is 4.79 Å². The summed E-state index contributed by atoms with van der Waals surface area (Å²) >= 11 is 7.63. The number of rotatable bonds is 7. The van der Waals surface area contributed by atoms with E-state index in [-0.39, 0.29) is 11.7 Å². The number of amides is 1. The van der Waals surface area contributed by atoms with Crippen molar-refractivity contribution in [1.82, 2.24) is 9.55 Å². The van der Waals surface area contributed by atoms with Gasteiger partial charge in [0.05, 0.1) is 24.2 Å². The molecule has 1 amide bonds. The van der Waals surface area contributed by atoms with Crippen LogP contribution in [0.3, 0.4) is 0 Å². The molecule has 0 radical (unpaired) electrons. The predicted molar refractivity (Wildman–Crippen MR) is 131 cm³/mol. The number of nitrogens with zero attached hydrogens (tertiary/aromatic N) is 2. The molecule has 3 aromatic carbocycles. The minimum absolute atomic E-state index is 0.0989. The second-order valence-corrected chi connectivity index (χ2v) is 8.49. The molecule has 1 N–H and O–H groups in total. The number of methoxy groups -OCH3 is 1. The molecule has 0 fully saturated rings. The highest BCUT2D eigenvalue weighted by molar-refractivity contribution is 7.99. The molecular weight excluding hydrogens is 442 g/mol. The standard InChI is InChI=1S/C25H22ClN3O2S/c1-17-8-6-7-11-20(17)27-24(30)16-32-25-28-21(18-9-4-3-5-10-18)15-29(25)22-14-19(26)12-13-23(22)31-2/h3-15H,16H2,1-2H3,(H,27,30). The number of hydrogen-bond acceptors (Lipinski definition) is 4. The number of halogens is 1. The lowest BCUT2D eigenvalue weighted by Gasteiger charge is -2.12. The van der Waals surface area contributed by atoms with Crippen LogP contribution in [-0.2, 0) is 4.79 Å². The first-order valence-corrected chi connectivity index (χ1v) is 11.4. The molecule has 0 aliphatic rings. The largest absolute Gasteiger partial charge is 0.495 e. The highest BCUT2D eigenvalue weighted by Crippen LogP contribution is 2.33. The van der Waals surface area contributed by atoms with Crippen LogP contribution < -0.4 is 10.1 Å². The SMILES string of the molecule is COc1ccc(Cl)cc1-n1cc(-c2ccccc2)nc1SCC(=O)Nc1ccccc1C. The van der Waals surface area contributed by atoms with E-state index in [0.29, 0.717) is 15.9 Å². The van der Waals surface area contributed by atoms with E-state index >= 15 is 0 Å². The Morgan fingerprint density at radius 2 is 1.84 bits per heavy atom. The van der Waals surface area contributed by atoms with Gasteiger partial charge in [-0.05, 0) is 36.8 Å². The molecule has 4 rings (SSSR count). The quantitative estimate of drug-likeness (QED) is 0.329. The molecule has 0 aliphatic carbocycles. The summed E-state index contributed by atoms with van der Waals surface area (Å²) < 4.78 is 7.46. The smallest absolute Gasteiger partial charge is 0.234 e. The zero-order valence-electron chi connectivity index (χ0n) is 17.7. The number of para-hydroxylation sites is 1. The molecule has 0 aliphatic heterocycles. The molecule has 0 saturated carbocycles. The molecule has 0 spiro atoms. The molecule has 0 unspecified atom stereocenters. The summed E-state index contributed by atoms with van der Waals surface area (Å²) in [5.74, 6) is 0.776. The number of aryl methyl sites for hydroxylation is 1. The number of anilines is 1. The van der Waals surface area contributed by atoms with Crippen LogP contribution in [-0.4, -0.2) is 28.3 Å². The summed E-state index contributed by atoms with van der Waals surface area (Å²) in [4.78, 5) is 17.4. The van der Waals surface area contributed by atoms with Gasteiger partial charge in [0.1, 0.15) is 5.75 Å². The van der Waals surface area contributed by atoms with Gasteiger partial charge in [0.2, 0.25) is 5.91 Å². The average Bonchev–Trinajstić information content (AvgIpc) is 3.24. The van der Waals surface area contributed by atoms with Gasteiger partial charge < -0.3 is 10.1 Å². The van der Waals surface area contributed by atoms with Crippen molar-refractivity contribution in [3.05, 3.63) is 89.6 Å². The van der Waals surface area contributed by atoms with Crippen LogP contribution in [0.1, 0.15) is 5.56 Å². The van der Waals surface area contributed by atoms with E-state index in [1.54, 1.807) is 13.2 Å². The maximum atomic E-state index is 12.6. The normalized spacial score (nSPS) is 10.7. The maximum Gasteiger partial charge on any atom is 0.234 e. The van der Waals surface area contributed by atoms with Gasteiger partial charge in [0, 0.05) is 22.5 Å². The third-order valence-electron chi connectivity index (χ3n) is 4.90. The van der Waals surface area contributed by atoms with E-state index in [4.69, 9.17) is 21.3 Å². The summed E-state index contributed by atoms with van der Waals surface area (Å²) in [5.41, 5.74) is 4.37. The number of imidazole rings is 1. The van der Waals surface area contributed by atoms with E-state index in [0.717, 1.165) is 28.2 Å². The topological polar surface area (TPSA) is 56.2 Å². The minimum atomic E-state index is -0.0989. The fraction of sp³-hybridized carbons (Fsp3) is 0.120. The first-order valence-electron chi connectivity index (χ1n) is 10.0. The monoisotopic (exact) mass is 463 g/mol. The number of nitrogens with one attached hydrogen (secondary N) is 1. The summed E-state index contributed by atoms with van der Waals surface area (Å²) in [5, 5.41) is 4.22. The molecular formula is C25H22ClN3O2S.